The molecule has 2 aromatic rings. The van der Waals surface area contributed by atoms with Crippen LogP contribution in [0.3, 0.4) is 0 Å². The Kier molecular flexibility index (Phi) is 3.98. The average molecular weight is 288 g/mol. The summed E-state index contributed by atoms with van der Waals surface area (Å²) >= 11 is 0. The van der Waals surface area contributed by atoms with Crippen LogP contribution in [0, 0.1) is 0 Å². The number of hydrogen-bond donors (Lipinski definition) is 0. The van der Waals surface area contributed by atoms with Crippen LogP contribution in [0.1, 0.15) is 0 Å². The summed E-state index contributed by atoms with van der Waals surface area (Å²) in [6, 6.07) is 12.1. The van der Waals surface area contributed by atoms with E-state index in [1.54, 1.807) is 0 Å². The van der Waals surface area contributed by atoms with Crippen LogP contribution >= 0.6 is 0 Å². The van der Waals surface area contributed by atoms with Gasteiger partial charge in [-0.1, -0.05) is 12.1 Å². The highest BCUT2D eigenvalue weighted by molar-refractivity contribution is 6.96. The zero-order valence-electron chi connectivity index (χ0n) is 11.9. The number of rotatable bonds is 4. The first-order valence-corrected chi connectivity index (χ1v) is 12.3. The molecule has 0 fully saturated rings. The quantitative estimate of drug-likeness (QED) is 0.807. The van der Waals surface area contributed by atoms with Gasteiger partial charge in [0.25, 0.3) is 0 Å². The Labute approximate surface area is 117 Å². The Hall–Kier alpha value is -1.31. The molecule has 0 N–H and O–H groups in total. The van der Waals surface area contributed by atoms with Gasteiger partial charge in [0, 0.05) is 12.4 Å². The summed E-state index contributed by atoms with van der Waals surface area (Å²) in [6.07, 6.45) is 3.67. The molecule has 2 heterocycles. The summed E-state index contributed by atoms with van der Waals surface area (Å²) < 4.78 is 6.55. The lowest BCUT2D eigenvalue weighted by Gasteiger charge is -2.32. The number of nitrogens with zero attached hydrogens (tertiary/aromatic N) is 2. The van der Waals surface area contributed by atoms with Crippen LogP contribution in [-0.2, 0) is 4.12 Å². The molecule has 0 aliphatic heterocycles. The molecule has 0 aromatic carbocycles. The van der Waals surface area contributed by atoms with Crippen molar-refractivity contribution in [1.82, 2.24) is 9.97 Å². The molecule has 0 amide bonds. The number of pyridine rings is 2. The lowest BCUT2D eigenvalue weighted by atomic mass is 10.5. The smallest absolute Gasteiger partial charge is 0.226 e. The Morgan fingerprint density at radius 1 is 0.737 bits per heavy atom. The fourth-order valence-electron chi connectivity index (χ4n) is 2.18. The lowest BCUT2D eigenvalue weighted by Crippen LogP contribution is -2.59. The predicted octanol–water partition coefficient (Wildman–Crippen LogP) is 2.02. The van der Waals surface area contributed by atoms with E-state index in [9.17, 15) is 0 Å². The van der Waals surface area contributed by atoms with Crippen LogP contribution in [0.5, 0.6) is 0 Å². The first kappa shape index (κ1) is 14.1. The van der Waals surface area contributed by atoms with E-state index in [1.165, 1.54) is 0 Å². The Balaban J connectivity index is 2.25. The monoisotopic (exact) mass is 288 g/mol. The molecule has 3 nitrogen and oxygen atoms in total. The summed E-state index contributed by atoms with van der Waals surface area (Å²) in [5, 5.41) is 2.18. The molecular weight excluding hydrogens is 268 g/mol. The predicted molar refractivity (Wildman–Crippen MR) is 83.8 cm³/mol. The molecule has 0 atom stereocenters. The van der Waals surface area contributed by atoms with Crippen molar-refractivity contribution in [3.05, 3.63) is 48.8 Å². The normalized spacial score (nSPS) is 12.4. The van der Waals surface area contributed by atoms with E-state index in [1.807, 2.05) is 36.7 Å². The van der Waals surface area contributed by atoms with Gasteiger partial charge in [0.1, 0.15) is 0 Å². The van der Waals surface area contributed by atoms with E-state index in [2.05, 4.69) is 48.3 Å². The molecular formula is C14H20N2OSi2. The molecule has 2 aromatic heterocycles. The van der Waals surface area contributed by atoms with Gasteiger partial charge in [-0.15, -0.1) is 0 Å². The highest BCUT2D eigenvalue weighted by Gasteiger charge is 2.37. The summed E-state index contributed by atoms with van der Waals surface area (Å²) in [4.78, 5) is 8.93. The summed E-state index contributed by atoms with van der Waals surface area (Å²) in [5.41, 5.74) is 0. The van der Waals surface area contributed by atoms with Crippen molar-refractivity contribution in [2.75, 3.05) is 0 Å². The van der Waals surface area contributed by atoms with Crippen molar-refractivity contribution in [1.29, 1.82) is 0 Å². The Morgan fingerprint density at radius 2 is 1.16 bits per heavy atom. The van der Waals surface area contributed by atoms with Crippen molar-refractivity contribution >= 4 is 27.3 Å². The highest BCUT2D eigenvalue weighted by Crippen LogP contribution is 2.13. The minimum atomic E-state index is -1.99. The molecule has 0 radical (unpaired) electrons. The molecule has 0 saturated heterocycles. The third kappa shape index (κ3) is 3.37. The number of aromatic nitrogens is 2. The van der Waals surface area contributed by atoms with E-state index >= 15 is 0 Å². The van der Waals surface area contributed by atoms with Gasteiger partial charge < -0.3 is 4.12 Å². The van der Waals surface area contributed by atoms with Crippen molar-refractivity contribution in [2.45, 2.75) is 26.2 Å². The molecule has 0 unspecified atom stereocenters. The summed E-state index contributed by atoms with van der Waals surface area (Å²) in [7, 11) is -3.97. The van der Waals surface area contributed by atoms with E-state index < -0.39 is 16.6 Å². The van der Waals surface area contributed by atoms with Gasteiger partial charge in [-0.3, -0.25) is 9.97 Å². The van der Waals surface area contributed by atoms with Gasteiger partial charge in [-0.05, 0) is 50.5 Å². The maximum absolute atomic E-state index is 6.55. The first-order valence-electron chi connectivity index (χ1n) is 6.45. The molecule has 19 heavy (non-hydrogen) atoms. The first-order chi connectivity index (χ1) is 8.92. The van der Waals surface area contributed by atoms with E-state index in [-0.39, 0.29) is 0 Å². The largest absolute Gasteiger partial charge is 0.447 e. The van der Waals surface area contributed by atoms with Gasteiger partial charge in [0.15, 0.2) is 0 Å². The lowest BCUT2D eigenvalue weighted by molar-refractivity contribution is 0.570. The van der Waals surface area contributed by atoms with Gasteiger partial charge in [-0.2, -0.15) is 0 Å². The van der Waals surface area contributed by atoms with Gasteiger partial charge in [0.05, 0.1) is 10.6 Å². The Bertz CT molecular complexity index is 480. The molecule has 5 heteroatoms. The summed E-state index contributed by atoms with van der Waals surface area (Å²) in [5.74, 6) is 0. The number of hydrogen-bond acceptors (Lipinski definition) is 3. The molecule has 0 bridgehead atoms. The maximum atomic E-state index is 6.55. The second-order valence-electron chi connectivity index (χ2n) is 5.55. The van der Waals surface area contributed by atoms with E-state index in [0.717, 1.165) is 10.6 Å². The zero-order valence-corrected chi connectivity index (χ0v) is 13.9. The van der Waals surface area contributed by atoms with E-state index in [0.29, 0.717) is 0 Å². The van der Waals surface area contributed by atoms with Crippen molar-refractivity contribution in [2.24, 2.45) is 0 Å². The van der Waals surface area contributed by atoms with Crippen molar-refractivity contribution in [3.8, 4) is 0 Å². The molecule has 0 saturated carbocycles. The third-order valence-electron chi connectivity index (χ3n) is 3.07. The van der Waals surface area contributed by atoms with Crippen LogP contribution in [0.25, 0.3) is 0 Å². The van der Waals surface area contributed by atoms with Crippen LogP contribution in [-0.4, -0.2) is 26.6 Å². The standard InChI is InChI=1S/C14H20N2OSi2/c1-18(2,13-9-5-7-11-15-13)17-19(3,4)14-10-6-8-12-16-14/h5-12H,1-4H3. The van der Waals surface area contributed by atoms with Crippen molar-refractivity contribution in [3.63, 3.8) is 0 Å². The van der Waals surface area contributed by atoms with Gasteiger partial charge >= 0.3 is 0 Å². The van der Waals surface area contributed by atoms with Gasteiger partial charge in [0.2, 0.25) is 16.6 Å². The van der Waals surface area contributed by atoms with Crippen LogP contribution in [0.2, 0.25) is 26.2 Å². The molecule has 0 aliphatic rings. The van der Waals surface area contributed by atoms with Crippen molar-refractivity contribution < 1.29 is 4.12 Å². The zero-order chi connectivity index (χ0) is 13.9. The topological polar surface area (TPSA) is 35.0 Å². The molecule has 0 aliphatic carbocycles. The van der Waals surface area contributed by atoms with Crippen LogP contribution < -0.4 is 10.6 Å². The van der Waals surface area contributed by atoms with Gasteiger partial charge in [-0.25, -0.2) is 0 Å². The molecule has 100 valence electrons. The van der Waals surface area contributed by atoms with Crippen LogP contribution in [0.4, 0.5) is 0 Å². The van der Waals surface area contributed by atoms with E-state index in [4.69, 9.17) is 4.12 Å². The fraction of sp³-hybridized carbons (Fsp3) is 0.286. The summed E-state index contributed by atoms with van der Waals surface area (Å²) in [6.45, 7) is 8.81. The second-order valence-corrected chi connectivity index (χ2v) is 13.4. The SMILES string of the molecule is C[Si](C)(O[Si](C)(C)c1ccccn1)c1ccccn1. The maximum Gasteiger partial charge on any atom is 0.226 e. The van der Waals surface area contributed by atoms with Crippen LogP contribution in [0.15, 0.2) is 48.8 Å². The third-order valence-corrected chi connectivity index (χ3v) is 10.2. The fourth-order valence-corrected chi connectivity index (χ4v) is 9.89. The average Bonchev–Trinajstić information content (AvgIpc) is 2.40. The molecule has 2 rings (SSSR count). The highest BCUT2D eigenvalue weighted by atomic mass is 28.4. The minimum absolute atomic E-state index is 1.09. The molecule has 0 spiro atoms. The second kappa shape index (κ2) is 5.36. The minimum Gasteiger partial charge on any atom is -0.447 e. The Morgan fingerprint density at radius 3 is 1.47 bits per heavy atom.